The van der Waals surface area contributed by atoms with Crippen LogP contribution in [0.2, 0.25) is 0 Å². The van der Waals surface area contributed by atoms with E-state index in [2.05, 4.69) is 4.98 Å². The molecule has 1 unspecified atom stereocenters. The Bertz CT molecular complexity index is 555. The molecular formula is C14H14FNO2. The predicted octanol–water partition coefficient (Wildman–Crippen LogP) is 3.37. The number of hydrogen-bond acceptors (Lipinski definition) is 3. The Labute approximate surface area is 105 Å². The van der Waals surface area contributed by atoms with E-state index in [1.807, 2.05) is 6.92 Å². The van der Waals surface area contributed by atoms with Gasteiger partial charge in [0.2, 0.25) is 5.88 Å². The van der Waals surface area contributed by atoms with Gasteiger partial charge in [0.25, 0.3) is 0 Å². The van der Waals surface area contributed by atoms with E-state index in [0.717, 1.165) is 5.56 Å². The van der Waals surface area contributed by atoms with E-state index < -0.39 is 6.10 Å². The van der Waals surface area contributed by atoms with Crippen molar-refractivity contribution in [2.45, 2.75) is 20.0 Å². The molecule has 1 atom stereocenters. The Morgan fingerprint density at radius 3 is 2.83 bits per heavy atom. The maximum atomic E-state index is 13.2. The fourth-order valence-corrected chi connectivity index (χ4v) is 1.59. The lowest BCUT2D eigenvalue weighted by atomic mass is 10.2. The van der Waals surface area contributed by atoms with Crippen LogP contribution < -0.4 is 4.74 Å². The van der Waals surface area contributed by atoms with Gasteiger partial charge in [0, 0.05) is 17.8 Å². The summed E-state index contributed by atoms with van der Waals surface area (Å²) in [6.45, 7) is 3.45. The number of aliphatic hydroxyl groups excluding tert-OH is 1. The molecule has 0 fully saturated rings. The van der Waals surface area contributed by atoms with Crippen molar-refractivity contribution in [2.75, 3.05) is 0 Å². The normalized spacial score (nSPS) is 12.2. The summed E-state index contributed by atoms with van der Waals surface area (Å²) in [5.74, 6) is 0.321. The second-order valence-corrected chi connectivity index (χ2v) is 4.09. The molecule has 0 aliphatic carbocycles. The third-order valence-corrected chi connectivity index (χ3v) is 2.61. The third kappa shape index (κ3) is 2.65. The van der Waals surface area contributed by atoms with E-state index in [9.17, 15) is 9.50 Å². The predicted molar refractivity (Wildman–Crippen MR) is 66.1 cm³/mol. The monoisotopic (exact) mass is 247 g/mol. The molecule has 1 heterocycles. The zero-order valence-corrected chi connectivity index (χ0v) is 10.2. The van der Waals surface area contributed by atoms with Gasteiger partial charge in [-0.2, -0.15) is 0 Å². The third-order valence-electron chi connectivity index (χ3n) is 2.61. The second kappa shape index (κ2) is 5.14. The largest absolute Gasteiger partial charge is 0.438 e. The van der Waals surface area contributed by atoms with Crippen LogP contribution in [-0.2, 0) is 0 Å². The smallest absolute Gasteiger partial charge is 0.225 e. The van der Waals surface area contributed by atoms with E-state index in [1.165, 1.54) is 12.1 Å². The van der Waals surface area contributed by atoms with E-state index in [1.54, 1.807) is 31.3 Å². The van der Waals surface area contributed by atoms with Gasteiger partial charge in [0.15, 0.2) is 0 Å². The van der Waals surface area contributed by atoms with Crippen molar-refractivity contribution in [2.24, 2.45) is 0 Å². The quantitative estimate of drug-likeness (QED) is 0.904. The van der Waals surface area contributed by atoms with Crippen molar-refractivity contribution in [3.8, 4) is 11.6 Å². The lowest BCUT2D eigenvalue weighted by Gasteiger charge is -2.13. The van der Waals surface area contributed by atoms with Crippen LogP contribution in [0.4, 0.5) is 4.39 Å². The minimum absolute atomic E-state index is 0.293. The maximum Gasteiger partial charge on any atom is 0.225 e. The van der Waals surface area contributed by atoms with Crippen LogP contribution >= 0.6 is 0 Å². The van der Waals surface area contributed by atoms with E-state index in [4.69, 9.17) is 4.74 Å². The zero-order chi connectivity index (χ0) is 13.1. The lowest BCUT2D eigenvalue weighted by molar-refractivity contribution is 0.194. The van der Waals surface area contributed by atoms with Crippen LogP contribution in [-0.4, -0.2) is 10.1 Å². The van der Waals surface area contributed by atoms with Crippen molar-refractivity contribution in [3.05, 3.63) is 53.5 Å². The standard InChI is InChI=1S/C14H14FNO2/c1-9-5-6-11(15)8-13(9)18-14-12(10(2)17)4-3-7-16-14/h3-8,10,17H,1-2H3. The van der Waals surface area contributed by atoms with Gasteiger partial charge < -0.3 is 9.84 Å². The van der Waals surface area contributed by atoms with Crippen LogP contribution in [0.5, 0.6) is 11.6 Å². The molecule has 0 aliphatic heterocycles. The highest BCUT2D eigenvalue weighted by molar-refractivity contribution is 5.38. The van der Waals surface area contributed by atoms with Gasteiger partial charge in [0.05, 0.1) is 6.10 Å². The summed E-state index contributed by atoms with van der Waals surface area (Å²) >= 11 is 0. The maximum absolute atomic E-state index is 13.2. The highest BCUT2D eigenvalue weighted by Gasteiger charge is 2.12. The van der Waals surface area contributed by atoms with Gasteiger partial charge in [-0.05, 0) is 37.6 Å². The first-order valence-electron chi connectivity index (χ1n) is 5.65. The number of aliphatic hydroxyl groups is 1. The van der Waals surface area contributed by atoms with Crippen LogP contribution in [0.1, 0.15) is 24.2 Å². The molecule has 3 nitrogen and oxygen atoms in total. The Kier molecular flexibility index (Phi) is 3.58. The van der Waals surface area contributed by atoms with Crippen molar-refractivity contribution < 1.29 is 14.2 Å². The number of ether oxygens (including phenoxy) is 1. The summed E-state index contributed by atoms with van der Waals surface area (Å²) in [7, 11) is 0. The average molecular weight is 247 g/mol. The highest BCUT2D eigenvalue weighted by Crippen LogP contribution is 2.29. The molecule has 1 aromatic heterocycles. The molecule has 94 valence electrons. The van der Waals surface area contributed by atoms with Gasteiger partial charge in [-0.3, -0.25) is 0 Å². The Morgan fingerprint density at radius 2 is 2.11 bits per heavy atom. The van der Waals surface area contributed by atoms with Crippen molar-refractivity contribution >= 4 is 0 Å². The van der Waals surface area contributed by atoms with E-state index in [0.29, 0.717) is 17.2 Å². The first-order chi connectivity index (χ1) is 8.58. The number of halogens is 1. The highest BCUT2D eigenvalue weighted by atomic mass is 19.1. The van der Waals surface area contributed by atoms with Gasteiger partial charge in [-0.15, -0.1) is 0 Å². The first-order valence-corrected chi connectivity index (χ1v) is 5.65. The molecule has 0 saturated carbocycles. The molecule has 1 N–H and O–H groups in total. The number of aryl methyl sites for hydroxylation is 1. The molecule has 0 radical (unpaired) electrons. The molecule has 0 saturated heterocycles. The molecule has 0 amide bonds. The number of benzene rings is 1. The molecule has 2 rings (SSSR count). The summed E-state index contributed by atoms with van der Waals surface area (Å²) in [6, 6.07) is 7.75. The molecule has 18 heavy (non-hydrogen) atoms. The van der Waals surface area contributed by atoms with Gasteiger partial charge >= 0.3 is 0 Å². The van der Waals surface area contributed by atoms with Crippen LogP contribution in [0.3, 0.4) is 0 Å². The van der Waals surface area contributed by atoms with E-state index >= 15 is 0 Å². The molecule has 0 bridgehead atoms. The van der Waals surface area contributed by atoms with Crippen LogP contribution in [0.25, 0.3) is 0 Å². The summed E-state index contributed by atoms with van der Waals surface area (Å²) in [4.78, 5) is 4.06. The lowest BCUT2D eigenvalue weighted by Crippen LogP contribution is -1.99. The van der Waals surface area contributed by atoms with Crippen LogP contribution in [0.15, 0.2) is 36.5 Å². The average Bonchev–Trinajstić information content (AvgIpc) is 2.34. The number of hydrogen-bond donors (Lipinski definition) is 1. The number of rotatable bonds is 3. The Morgan fingerprint density at radius 1 is 1.33 bits per heavy atom. The molecule has 1 aromatic carbocycles. The van der Waals surface area contributed by atoms with Gasteiger partial charge in [-0.25, -0.2) is 9.37 Å². The summed E-state index contributed by atoms with van der Waals surface area (Å²) in [5, 5.41) is 9.61. The minimum atomic E-state index is -0.692. The molecule has 0 aliphatic rings. The van der Waals surface area contributed by atoms with Crippen molar-refractivity contribution in [1.82, 2.24) is 4.98 Å². The first kappa shape index (κ1) is 12.5. The van der Waals surface area contributed by atoms with Crippen molar-refractivity contribution in [3.63, 3.8) is 0 Å². The molecule has 4 heteroatoms. The Hall–Kier alpha value is -1.94. The van der Waals surface area contributed by atoms with Crippen LogP contribution in [0, 0.1) is 12.7 Å². The van der Waals surface area contributed by atoms with Crippen molar-refractivity contribution in [1.29, 1.82) is 0 Å². The van der Waals surface area contributed by atoms with Gasteiger partial charge in [-0.1, -0.05) is 6.07 Å². The molecular weight excluding hydrogens is 233 g/mol. The van der Waals surface area contributed by atoms with E-state index in [-0.39, 0.29) is 5.82 Å². The number of aromatic nitrogens is 1. The fraction of sp³-hybridized carbons (Fsp3) is 0.214. The zero-order valence-electron chi connectivity index (χ0n) is 10.2. The Balaban J connectivity index is 2.37. The van der Waals surface area contributed by atoms with Gasteiger partial charge in [0.1, 0.15) is 11.6 Å². The molecule has 0 spiro atoms. The SMILES string of the molecule is Cc1ccc(F)cc1Oc1ncccc1C(C)O. The summed E-state index contributed by atoms with van der Waals surface area (Å²) in [6.07, 6.45) is 0.873. The fourth-order valence-electron chi connectivity index (χ4n) is 1.59. The minimum Gasteiger partial charge on any atom is -0.438 e. The second-order valence-electron chi connectivity index (χ2n) is 4.09. The topological polar surface area (TPSA) is 42.4 Å². The molecule has 2 aromatic rings. The number of pyridine rings is 1. The summed E-state index contributed by atoms with van der Waals surface area (Å²) < 4.78 is 18.7. The summed E-state index contributed by atoms with van der Waals surface area (Å²) in [5.41, 5.74) is 1.37. The number of nitrogens with zero attached hydrogens (tertiary/aromatic N) is 1.